The van der Waals surface area contributed by atoms with Crippen molar-refractivity contribution in [2.45, 2.75) is 19.3 Å². The fourth-order valence-electron chi connectivity index (χ4n) is 4.18. The molecule has 2 N–H and O–H groups in total. The van der Waals surface area contributed by atoms with Gasteiger partial charge < -0.3 is 24.8 Å². The molecule has 0 aromatic heterocycles. The molecular weight excluding hydrogens is 368 g/mol. The Bertz CT molecular complexity index is 838. The standard InChI is InChI=1S/C19H22N2O7/c1-27-15(22)13-6-5-12(8-14(13)16(23)28-2)20-18(26)21-9-11-4-3-7-19(11,10-21)17(24)25/h5-6,8,11H,3-4,7,9-10H2,1-2H3,(H,20,26)(H,24,25)/t11-,19+/m0/s1. The number of esters is 2. The molecule has 1 aliphatic carbocycles. The van der Waals surface area contributed by atoms with Gasteiger partial charge in [-0.15, -0.1) is 0 Å². The molecule has 3 rings (SSSR count). The number of likely N-dealkylation sites (tertiary alicyclic amines) is 1. The Morgan fingerprint density at radius 2 is 1.82 bits per heavy atom. The average Bonchev–Trinajstić information content (AvgIpc) is 3.25. The van der Waals surface area contributed by atoms with Crippen molar-refractivity contribution in [3.63, 3.8) is 0 Å². The highest BCUT2D eigenvalue weighted by molar-refractivity contribution is 6.04. The second kappa shape index (κ2) is 7.49. The van der Waals surface area contributed by atoms with E-state index < -0.39 is 29.4 Å². The van der Waals surface area contributed by atoms with E-state index in [0.717, 1.165) is 12.8 Å². The van der Waals surface area contributed by atoms with Gasteiger partial charge >= 0.3 is 23.9 Å². The number of nitrogens with zero attached hydrogens (tertiary/aromatic N) is 1. The predicted molar refractivity (Wildman–Crippen MR) is 97.1 cm³/mol. The number of hydrogen-bond acceptors (Lipinski definition) is 6. The molecule has 2 aliphatic rings. The number of rotatable bonds is 4. The van der Waals surface area contributed by atoms with Gasteiger partial charge in [-0.2, -0.15) is 0 Å². The van der Waals surface area contributed by atoms with Crippen LogP contribution in [0.2, 0.25) is 0 Å². The minimum Gasteiger partial charge on any atom is -0.481 e. The summed E-state index contributed by atoms with van der Waals surface area (Å²) in [5.41, 5.74) is -0.594. The summed E-state index contributed by atoms with van der Waals surface area (Å²) in [4.78, 5) is 49.7. The second-order valence-corrected chi connectivity index (χ2v) is 7.10. The molecule has 0 spiro atoms. The van der Waals surface area contributed by atoms with Crippen molar-refractivity contribution in [3.8, 4) is 0 Å². The highest BCUT2D eigenvalue weighted by atomic mass is 16.5. The van der Waals surface area contributed by atoms with Gasteiger partial charge in [-0.3, -0.25) is 4.79 Å². The molecule has 2 atom stereocenters. The molecule has 1 aromatic carbocycles. The van der Waals surface area contributed by atoms with Crippen LogP contribution in [0, 0.1) is 11.3 Å². The lowest BCUT2D eigenvalue weighted by atomic mass is 9.81. The quantitative estimate of drug-likeness (QED) is 0.754. The number of hydrogen-bond donors (Lipinski definition) is 2. The molecule has 2 fully saturated rings. The van der Waals surface area contributed by atoms with Crippen molar-refractivity contribution in [1.82, 2.24) is 4.90 Å². The number of methoxy groups -OCH3 is 2. The summed E-state index contributed by atoms with van der Waals surface area (Å²) in [7, 11) is 2.38. The zero-order valence-electron chi connectivity index (χ0n) is 15.7. The van der Waals surface area contributed by atoms with Crippen LogP contribution in [0.25, 0.3) is 0 Å². The monoisotopic (exact) mass is 390 g/mol. The van der Waals surface area contributed by atoms with Gasteiger partial charge in [0.1, 0.15) is 0 Å². The van der Waals surface area contributed by atoms with Crippen LogP contribution in [0.4, 0.5) is 10.5 Å². The fourth-order valence-corrected chi connectivity index (χ4v) is 4.18. The SMILES string of the molecule is COC(=O)c1ccc(NC(=O)N2C[C@@H]3CCC[C@@]3(C(=O)O)C2)cc1C(=O)OC. The summed E-state index contributed by atoms with van der Waals surface area (Å²) in [6, 6.07) is 3.72. The van der Waals surface area contributed by atoms with Gasteiger partial charge in [0.05, 0.1) is 30.8 Å². The van der Waals surface area contributed by atoms with E-state index >= 15 is 0 Å². The van der Waals surface area contributed by atoms with Gasteiger partial charge in [0, 0.05) is 18.8 Å². The highest BCUT2D eigenvalue weighted by Gasteiger charge is 2.55. The number of fused-ring (bicyclic) bond motifs is 1. The normalized spacial score (nSPS) is 23.1. The summed E-state index contributed by atoms with van der Waals surface area (Å²) in [6.45, 7) is 0.533. The van der Waals surface area contributed by atoms with E-state index in [-0.39, 0.29) is 23.6 Å². The number of aliphatic carboxylic acids is 1. The van der Waals surface area contributed by atoms with Crippen LogP contribution in [0.3, 0.4) is 0 Å². The highest BCUT2D eigenvalue weighted by Crippen LogP contribution is 2.48. The molecule has 2 amide bonds. The lowest BCUT2D eigenvalue weighted by Crippen LogP contribution is -2.38. The van der Waals surface area contributed by atoms with Gasteiger partial charge in [-0.05, 0) is 37.0 Å². The van der Waals surface area contributed by atoms with E-state index in [2.05, 4.69) is 14.8 Å². The number of carbonyl (C=O) groups is 4. The number of ether oxygens (including phenoxy) is 2. The summed E-state index contributed by atoms with van der Waals surface area (Å²) >= 11 is 0. The van der Waals surface area contributed by atoms with E-state index in [1.165, 1.54) is 37.3 Å². The number of nitrogens with one attached hydrogen (secondary N) is 1. The lowest BCUT2D eigenvalue weighted by Gasteiger charge is -2.23. The minimum absolute atomic E-state index is 0.0212. The zero-order valence-corrected chi connectivity index (χ0v) is 15.7. The third kappa shape index (κ3) is 3.28. The van der Waals surface area contributed by atoms with Crippen LogP contribution in [-0.4, -0.2) is 61.3 Å². The summed E-state index contributed by atoms with van der Waals surface area (Å²) in [5, 5.41) is 12.3. The van der Waals surface area contributed by atoms with E-state index in [1.807, 2.05) is 0 Å². The van der Waals surface area contributed by atoms with Crippen molar-refractivity contribution in [2.24, 2.45) is 11.3 Å². The van der Waals surface area contributed by atoms with E-state index in [9.17, 15) is 24.3 Å². The van der Waals surface area contributed by atoms with Crippen molar-refractivity contribution in [3.05, 3.63) is 29.3 Å². The lowest BCUT2D eigenvalue weighted by molar-refractivity contribution is -0.149. The molecule has 9 heteroatoms. The first-order chi connectivity index (χ1) is 13.3. The van der Waals surface area contributed by atoms with Crippen molar-refractivity contribution in [1.29, 1.82) is 0 Å². The van der Waals surface area contributed by atoms with Crippen LogP contribution in [0.15, 0.2) is 18.2 Å². The zero-order chi connectivity index (χ0) is 20.5. The number of amides is 2. The Hall–Kier alpha value is -3.10. The first kappa shape index (κ1) is 19.7. The van der Waals surface area contributed by atoms with E-state index in [1.54, 1.807) is 0 Å². The summed E-state index contributed by atoms with van der Waals surface area (Å²) in [6.07, 6.45) is 2.21. The van der Waals surface area contributed by atoms with Crippen molar-refractivity contribution >= 4 is 29.6 Å². The van der Waals surface area contributed by atoms with Crippen LogP contribution < -0.4 is 5.32 Å². The maximum atomic E-state index is 12.7. The number of benzene rings is 1. The van der Waals surface area contributed by atoms with Gasteiger partial charge in [0.2, 0.25) is 0 Å². The predicted octanol–water partition coefficient (Wildman–Crippen LogP) is 1.98. The number of anilines is 1. The average molecular weight is 390 g/mol. The van der Waals surface area contributed by atoms with Crippen LogP contribution in [0.1, 0.15) is 40.0 Å². The first-order valence-electron chi connectivity index (χ1n) is 8.92. The van der Waals surface area contributed by atoms with Crippen LogP contribution in [0.5, 0.6) is 0 Å². The Morgan fingerprint density at radius 3 is 2.43 bits per heavy atom. The minimum atomic E-state index is -0.872. The third-order valence-corrected chi connectivity index (χ3v) is 5.67. The Balaban J connectivity index is 1.78. The topological polar surface area (TPSA) is 122 Å². The Kier molecular flexibility index (Phi) is 5.26. The van der Waals surface area contributed by atoms with Gasteiger partial charge in [0.25, 0.3) is 0 Å². The smallest absolute Gasteiger partial charge is 0.338 e. The molecule has 1 aromatic rings. The molecule has 1 saturated carbocycles. The molecule has 28 heavy (non-hydrogen) atoms. The molecule has 1 saturated heterocycles. The largest absolute Gasteiger partial charge is 0.481 e. The summed E-state index contributed by atoms with van der Waals surface area (Å²) < 4.78 is 9.34. The van der Waals surface area contributed by atoms with Crippen LogP contribution in [-0.2, 0) is 14.3 Å². The number of carboxylic acid groups (broad SMARTS) is 1. The summed E-state index contributed by atoms with van der Waals surface area (Å²) in [5.74, 6) is -2.35. The van der Waals surface area contributed by atoms with Crippen LogP contribution >= 0.6 is 0 Å². The third-order valence-electron chi connectivity index (χ3n) is 5.67. The molecule has 0 bridgehead atoms. The fraction of sp³-hybridized carbons (Fsp3) is 0.474. The Morgan fingerprint density at radius 1 is 1.14 bits per heavy atom. The Labute approximate surface area is 161 Å². The molecule has 0 radical (unpaired) electrons. The molecular formula is C19H22N2O7. The van der Waals surface area contributed by atoms with Gasteiger partial charge in [-0.1, -0.05) is 6.42 Å². The number of urea groups is 1. The van der Waals surface area contributed by atoms with Crippen molar-refractivity contribution < 1.29 is 33.8 Å². The number of carbonyl (C=O) groups excluding carboxylic acids is 3. The molecule has 150 valence electrons. The van der Waals surface area contributed by atoms with Crippen molar-refractivity contribution in [2.75, 3.05) is 32.6 Å². The molecule has 0 unspecified atom stereocenters. The van der Waals surface area contributed by atoms with E-state index in [0.29, 0.717) is 18.7 Å². The maximum absolute atomic E-state index is 12.7. The molecule has 9 nitrogen and oxygen atoms in total. The first-order valence-corrected chi connectivity index (χ1v) is 8.92. The van der Waals surface area contributed by atoms with E-state index in [4.69, 9.17) is 0 Å². The molecule has 1 aliphatic heterocycles. The second-order valence-electron chi connectivity index (χ2n) is 7.10. The molecule has 1 heterocycles. The number of carboxylic acids is 1. The maximum Gasteiger partial charge on any atom is 0.338 e. The van der Waals surface area contributed by atoms with Gasteiger partial charge in [0.15, 0.2) is 0 Å². The van der Waals surface area contributed by atoms with Gasteiger partial charge in [-0.25, -0.2) is 14.4 Å².